The van der Waals surface area contributed by atoms with Crippen LogP contribution >= 0.6 is 0 Å². The molecule has 0 saturated carbocycles. The molecule has 0 aliphatic carbocycles. The Labute approximate surface area is 93.5 Å². The number of hydrogen-bond acceptors (Lipinski definition) is 5. The van der Waals surface area contributed by atoms with E-state index in [0.717, 1.165) is 11.4 Å². The Bertz CT molecular complexity index is 470. The van der Waals surface area contributed by atoms with Crippen LogP contribution in [0.5, 0.6) is 5.88 Å². The number of nitrogens with one attached hydrogen (secondary N) is 1. The van der Waals surface area contributed by atoms with E-state index in [-0.39, 0.29) is 0 Å². The standard InChI is InChI=1S/C11H12N4O/c1-12-9-5-6-13-11(15-9)8-3-4-10(16-2)14-7-8/h3-7H,1-2H3,(H,12,13,15). The Hall–Kier alpha value is -2.17. The Morgan fingerprint density at radius 2 is 2.06 bits per heavy atom. The van der Waals surface area contributed by atoms with Gasteiger partial charge in [0.05, 0.1) is 7.11 Å². The lowest BCUT2D eigenvalue weighted by Crippen LogP contribution is -1.96. The normalized spacial score (nSPS) is 9.88. The number of hydrogen-bond donors (Lipinski definition) is 1. The topological polar surface area (TPSA) is 59.9 Å². The van der Waals surface area contributed by atoms with Gasteiger partial charge in [0.15, 0.2) is 5.82 Å². The Balaban J connectivity index is 2.34. The highest BCUT2D eigenvalue weighted by molar-refractivity contribution is 5.55. The molecule has 1 N–H and O–H groups in total. The lowest BCUT2D eigenvalue weighted by Gasteiger charge is -2.03. The van der Waals surface area contributed by atoms with Gasteiger partial charge in [0.2, 0.25) is 5.88 Å². The second kappa shape index (κ2) is 4.57. The monoisotopic (exact) mass is 216 g/mol. The van der Waals surface area contributed by atoms with E-state index >= 15 is 0 Å². The van der Waals surface area contributed by atoms with Crippen LogP contribution < -0.4 is 10.1 Å². The molecule has 0 unspecified atom stereocenters. The minimum Gasteiger partial charge on any atom is -0.481 e. The summed E-state index contributed by atoms with van der Waals surface area (Å²) in [6, 6.07) is 5.46. The van der Waals surface area contributed by atoms with E-state index in [1.165, 1.54) is 0 Å². The molecule has 0 aliphatic heterocycles. The van der Waals surface area contributed by atoms with Crippen molar-refractivity contribution in [3.8, 4) is 17.3 Å². The first kappa shape index (κ1) is 10.4. The van der Waals surface area contributed by atoms with Crippen LogP contribution in [0.3, 0.4) is 0 Å². The lowest BCUT2D eigenvalue weighted by atomic mass is 10.2. The van der Waals surface area contributed by atoms with Gasteiger partial charge in [0, 0.05) is 31.1 Å². The molecule has 2 aromatic heterocycles. The number of nitrogens with zero attached hydrogens (tertiary/aromatic N) is 3. The van der Waals surface area contributed by atoms with Gasteiger partial charge in [0.1, 0.15) is 5.82 Å². The number of pyridine rings is 1. The Morgan fingerprint density at radius 1 is 1.19 bits per heavy atom. The first-order valence-corrected chi connectivity index (χ1v) is 4.84. The van der Waals surface area contributed by atoms with Crippen LogP contribution in [0.2, 0.25) is 0 Å². The predicted molar refractivity (Wildman–Crippen MR) is 61.4 cm³/mol. The number of anilines is 1. The maximum atomic E-state index is 4.99. The summed E-state index contributed by atoms with van der Waals surface area (Å²) in [4.78, 5) is 12.6. The van der Waals surface area contributed by atoms with E-state index in [1.807, 2.05) is 13.1 Å². The second-order valence-electron chi connectivity index (χ2n) is 3.10. The third-order valence-electron chi connectivity index (χ3n) is 2.12. The lowest BCUT2D eigenvalue weighted by molar-refractivity contribution is 0.398. The van der Waals surface area contributed by atoms with E-state index in [0.29, 0.717) is 11.7 Å². The molecule has 0 aromatic carbocycles. The molecular weight excluding hydrogens is 204 g/mol. The van der Waals surface area contributed by atoms with Crippen LogP contribution in [-0.2, 0) is 0 Å². The minimum atomic E-state index is 0.577. The van der Waals surface area contributed by atoms with E-state index in [1.54, 1.807) is 31.6 Å². The van der Waals surface area contributed by atoms with Gasteiger partial charge in [-0.15, -0.1) is 0 Å². The van der Waals surface area contributed by atoms with Gasteiger partial charge in [-0.05, 0) is 12.1 Å². The summed E-state index contributed by atoms with van der Waals surface area (Å²) in [6.07, 6.45) is 3.39. The maximum absolute atomic E-state index is 4.99. The maximum Gasteiger partial charge on any atom is 0.212 e. The average Bonchev–Trinajstić information content (AvgIpc) is 2.39. The van der Waals surface area contributed by atoms with Gasteiger partial charge in [-0.25, -0.2) is 15.0 Å². The van der Waals surface area contributed by atoms with Crippen LogP contribution in [0.15, 0.2) is 30.6 Å². The van der Waals surface area contributed by atoms with Crippen molar-refractivity contribution in [1.82, 2.24) is 15.0 Å². The van der Waals surface area contributed by atoms with Crippen LogP contribution in [0.1, 0.15) is 0 Å². The largest absolute Gasteiger partial charge is 0.481 e. The Morgan fingerprint density at radius 3 is 2.69 bits per heavy atom. The molecular formula is C11H12N4O. The Kier molecular flexibility index (Phi) is 2.95. The number of rotatable bonds is 3. The minimum absolute atomic E-state index is 0.577. The fourth-order valence-corrected chi connectivity index (χ4v) is 1.27. The van der Waals surface area contributed by atoms with Crippen molar-refractivity contribution in [2.75, 3.05) is 19.5 Å². The molecule has 2 rings (SSSR count). The summed E-state index contributed by atoms with van der Waals surface area (Å²) in [5.41, 5.74) is 0.859. The predicted octanol–water partition coefficient (Wildman–Crippen LogP) is 1.59. The van der Waals surface area contributed by atoms with Gasteiger partial charge in [-0.1, -0.05) is 0 Å². The fraction of sp³-hybridized carbons (Fsp3) is 0.182. The van der Waals surface area contributed by atoms with Gasteiger partial charge >= 0.3 is 0 Å². The summed E-state index contributed by atoms with van der Waals surface area (Å²) >= 11 is 0. The molecule has 2 heterocycles. The zero-order chi connectivity index (χ0) is 11.4. The molecule has 2 aromatic rings. The molecule has 0 radical (unpaired) electrons. The third-order valence-corrected chi connectivity index (χ3v) is 2.12. The smallest absolute Gasteiger partial charge is 0.212 e. The summed E-state index contributed by atoms with van der Waals surface area (Å²) in [6.45, 7) is 0. The van der Waals surface area contributed by atoms with Crippen LogP contribution in [-0.4, -0.2) is 29.1 Å². The van der Waals surface area contributed by atoms with Crippen molar-refractivity contribution in [3.05, 3.63) is 30.6 Å². The van der Waals surface area contributed by atoms with Crippen molar-refractivity contribution < 1.29 is 4.74 Å². The van der Waals surface area contributed by atoms with E-state index in [4.69, 9.17) is 4.74 Å². The van der Waals surface area contributed by atoms with Gasteiger partial charge < -0.3 is 10.1 Å². The summed E-state index contributed by atoms with van der Waals surface area (Å²) in [5, 5.41) is 2.96. The highest BCUT2D eigenvalue weighted by Gasteiger charge is 2.02. The van der Waals surface area contributed by atoms with Crippen molar-refractivity contribution in [2.45, 2.75) is 0 Å². The molecule has 5 nitrogen and oxygen atoms in total. The first-order chi connectivity index (χ1) is 7.83. The highest BCUT2D eigenvalue weighted by Crippen LogP contribution is 2.17. The fourth-order valence-electron chi connectivity index (χ4n) is 1.27. The van der Waals surface area contributed by atoms with Crippen LogP contribution in [0, 0.1) is 0 Å². The van der Waals surface area contributed by atoms with Crippen molar-refractivity contribution in [3.63, 3.8) is 0 Å². The zero-order valence-electron chi connectivity index (χ0n) is 9.14. The highest BCUT2D eigenvalue weighted by atomic mass is 16.5. The molecule has 0 amide bonds. The quantitative estimate of drug-likeness (QED) is 0.844. The number of aromatic nitrogens is 3. The first-order valence-electron chi connectivity index (χ1n) is 4.84. The molecule has 0 fully saturated rings. The molecule has 5 heteroatoms. The molecule has 16 heavy (non-hydrogen) atoms. The van der Waals surface area contributed by atoms with Gasteiger partial charge in [0.25, 0.3) is 0 Å². The molecule has 0 spiro atoms. The van der Waals surface area contributed by atoms with E-state index in [2.05, 4.69) is 20.3 Å². The number of ether oxygens (including phenoxy) is 1. The zero-order valence-corrected chi connectivity index (χ0v) is 9.14. The second-order valence-corrected chi connectivity index (χ2v) is 3.10. The van der Waals surface area contributed by atoms with Crippen LogP contribution in [0.4, 0.5) is 5.82 Å². The van der Waals surface area contributed by atoms with E-state index < -0.39 is 0 Å². The summed E-state index contributed by atoms with van der Waals surface area (Å²) in [7, 11) is 3.40. The van der Waals surface area contributed by atoms with Crippen LogP contribution in [0.25, 0.3) is 11.4 Å². The third kappa shape index (κ3) is 2.08. The molecule has 82 valence electrons. The molecule has 0 atom stereocenters. The van der Waals surface area contributed by atoms with Crippen molar-refractivity contribution >= 4 is 5.82 Å². The van der Waals surface area contributed by atoms with E-state index in [9.17, 15) is 0 Å². The summed E-state index contributed by atoms with van der Waals surface area (Å²) < 4.78 is 4.99. The average molecular weight is 216 g/mol. The van der Waals surface area contributed by atoms with Gasteiger partial charge in [-0.3, -0.25) is 0 Å². The molecule has 0 saturated heterocycles. The number of methoxy groups -OCH3 is 1. The van der Waals surface area contributed by atoms with Crippen molar-refractivity contribution in [2.24, 2.45) is 0 Å². The van der Waals surface area contributed by atoms with Gasteiger partial charge in [-0.2, -0.15) is 0 Å². The van der Waals surface area contributed by atoms with Crippen molar-refractivity contribution in [1.29, 1.82) is 0 Å². The molecule has 0 aliphatic rings. The molecule has 0 bridgehead atoms. The summed E-state index contributed by atoms with van der Waals surface area (Å²) in [5.74, 6) is 2.00. The SMILES string of the molecule is CNc1ccnc(-c2ccc(OC)nc2)n1.